The van der Waals surface area contributed by atoms with Crippen molar-refractivity contribution in [3.05, 3.63) is 23.8 Å². The predicted molar refractivity (Wildman–Crippen MR) is 70.7 cm³/mol. The summed E-state index contributed by atoms with van der Waals surface area (Å²) >= 11 is 0. The normalized spacial score (nSPS) is 10.3. The lowest BCUT2D eigenvalue weighted by molar-refractivity contribution is -0.0598. The Kier molecular flexibility index (Phi) is 4.97. The van der Waals surface area contributed by atoms with Crippen LogP contribution in [0, 0.1) is 6.92 Å². The zero-order valence-corrected chi connectivity index (χ0v) is 11.5. The Morgan fingerprint density at radius 2 is 2.06 bits per heavy atom. The molecule has 0 saturated carbocycles. The van der Waals surface area contributed by atoms with Crippen molar-refractivity contribution < 1.29 is 14.4 Å². The van der Waals surface area contributed by atoms with Crippen molar-refractivity contribution in [2.45, 2.75) is 26.9 Å². The van der Waals surface area contributed by atoms with Gasteiger partial charge >= 0.3 is 6.03 Å². The summed E-state index contributed by atoms with van der Waals surface area (Å²) in [5, 5.41) is 3.84. The molecule has 1 rings (SSSR count). The zero-order chi connectivity index (χ0) is 13.7. The number of hydroxylamine groups is 2. The minimum Gasteiger partial charge on any atom is -0.491 e. The van der Waals surface area contributed by atoms with E-state index in [4.69, 9.17) is 9.57 Å². The number of aryl methyl sites for hydroxylation is 1. The molecular formula is C13H20N2O3. The second kappa shape index (κ2) is 6.26. The number of urea groups is 1. The van der Waals surface area contributed by atoms with Gasteiger partial charge in [0.25, 0.3) is 0 Å². The van der Waals surface area contributed by atoms with E-state index in [-0.39, 0.29) is 12.1 Å². The summed E-state index contributed by atoms with van der Waals surface area (Å²) in [5.74, 6) is 0.822. The van der Waals surface area contributed by atoms with E-state index in [1.165, 1.54) is 7.11 Å². The minimum absolute atomic E-state index is 0.128. The molecule has 5 nitrogen and oxygen atoms in total. The van der Waals surface area contributed by atoms with Gasteiger partial charge in [-0.1, -0.05) is 0 Å². The lowest BCUT2D eigenvalue weighted by Crippen LogP contribution is -2.30. The third-order valence-corrected chi connectivity index (χ3v) is 2.35. The first-order chi connectivity index (χ1) is 8.43. The van der Waals surface area contributed by atoms with Gasteiger partial charge < -0.3 is 10.1 Å². The molecule has 1 N–H and O–H groups in total. The molecule has 2 amide bonds. The summed E-state index contributed by atoms with van der Waals surface area (Å²) in [6.45, 7) is 5.89. The second-order valence-electron chi connectivity index (χ2n) is 4.26. The van der Waals surface area contributed by atoms with Crippen LogP contribution in [-0.4, -0.2) is 31.4 Å². The summed E-state index contributed by atoms with van der Waals surface area (Å²) in [4.78, 5) is 16.4. The molecule has 5 heteroatoms. The fourth-order valence-electron chi connectivity index (χ4n) is 1.40. The molecule has 0 fully saturated rings. The van der Waals surface area contributed by atoms with Crippen LogP contribution in [0.25, 0.3) is 0 Å². The molecule has 18 heavy (non-hydrogen) atoms. The molecule has 0 spiro atoms. The Hall–Kier alpha value is -1.75. The molecule has 0 saturated heterocycles. The summed E-state index contributed by atoms with van der Waals surface area (Å²) in [6, 6.07) is 5.18. The number of rotatable bonds is 4. The Bertz CT molecular complexity index is 419. The molecule has 0 heterocycles. The highest BCUT2D eigenvalue weighted by Gasteiger charge is 2.09. The molecule has 0 aliphatic rings. The van der Waals surface area contributed by atoms with Crippen LogP contribution in [-0.2, 0) is 4.84 Å². The van der Waals surface area contributed by atoms with Gasteiger partial charge in [-0.3, -0.25) is 4.84 Å². The maximum Gasteiger partial charge on any atom is 0.345 e. The minimum atomic E-state index is -0.325. The number of carbonyl (C=O) groups is 1. The van der Waals surface area contributed by atoms with Gasteiger partial charge in [0.2, 0.25) is 0 Å². The number of carbonyl (C=O) groups excluding carboxylic acids is 1. The van der Waals surface area contributed by atoms with Crippen LogP contribution in [0.15, 0.2) is 18.2 Å². The van der Waals surface area contributed by atoms with E-state index in [2.05, 4.69) is 5.32 Å². The van der Waals surface area contributed by atoms with Gasteiger partial charge in [0.1, 0.15) is 5.75 Å². The van der Waals surface area contributed by atoms with Crippen LogP contribution in [0.1, 0.15) is 19.4 Å². The van der Waals surface area contributed by atoms with Crippen molar-refractivity contribution in [1.29, 1.82) is 0 Å². The van der Waals surface area contributed by atoms with E-state index in [9.17, 15) is 4.79 Å². The molecule has 0 aliphatic carbocycles. The lowest BCUT2D eigenvalue weighted by Gasteiger charge is -2.16. The largest absolute Gasteiger partial charge is 0.491 e. The van der Waals surface area contributed by atoms with Crippen molar-refractivity contribution in [1.82, 2.24) is 5.06 Å². The fraction of sp³-hybridized carbons (Fsp3) is 0.462. The molecule has 0 bridgehead atoms. The average molecular weight is 252 g/mol. The highest BCUT2D eigenvalue weighted by Crippen LogP contribution is 2.23. The van der Waals surface area contributed by atoms with Crippen molar-refractivity contribution in [2.75, 3.05) is 19.5 Å². The number of ether oxygens (including phenoxy) is 1. The third-order valence-electron chi connectivity index (χ3n) is 2.35. The van der Waals surface area contributed by atoms with Gasteiger partial charge in [0.15, 0.2) is 0 Å². The van der Waals surface area contributed by atoms with Crippen molar-refractivity contribution in [2.24, 2.45) is 0 Å². The smallest absolute Gasteiger partial charge is 0.345 e. The van der Waals surface area contributed by atoms with Gasteiger partial charge in [0.05, 0.1) is 13.2 Å². The molecule has 0 unspecified atom stereocenters. The van der Waals surface area contributed by atoms with Crippen LogP contribution in [0.2, 0.25) is 0 Å². The number of amides is 2. The summed E-state index contributed by atoms with van der Waals surface area (Å²) < 4.78 is 5.63. The van der Waals surface area contributed by atoms with E-state index in [0.717, 1.165) is 16.4 Å². The maximum absolute atomic E-state index is 11.6. The fourth-order valence-corrected chi connectivity index (χ4v) is 1.40. The first-order valence-electron chi connectivity index (χ1n) is 5.80. The monoisotopic (exact) mass is 252 g/mol. The lowest BCUT2D eigenvalue weighted by atomic mass is 10.2. The summed E-state index contributed by atoms with van der Waals surface area (Å²) in [6.07, 6.45) is 0.128. The van der Waals surface area contributed by atoms with E-state index in [1.54, 1.807) is 13.1 Å². The van der Waals surface area contributed by atoms with Gasteiger partial charge in [-0.05, 0) is 44.5 Å². The predicted octanol–water partition coefficient (Wildman–Crippen LogP) is 2.81. The number of nitrogens with one attached hydrogen (secondary N) is 1. The van der Waals surface area contributed by atoms with Crippen LogP contribution in [0.5, 0.6) is 5.75 Å². The number of anilines is 1. The molecule has 0 aromatic heterocycles. The topological polar surface area (TPSA) is 50.8 Å². The van der Waals surface area contributed by atoms with Gasteiger partial charge in [-0.25, -0.2) is 9.86 Å². The SMILES string of the molecule is CON(C)C(=O)Nc1ccc(OC(C)C)c(C)c1. The van der Waals surface area contributed by atoms with Crippen molar-refractivity contribution in [3.8, 4) is 5.75 Å². The first-order valence-corrected chi connectivity index (χ1v) is 5.80. The molecule has 1 aromatic carbocycles. The van der Waals surface area contributed by atoms with Crippen LogP contribution < -0.4 is 10.1 Å². The summed E-state index contributed by atoms with van der Waals surface area (Å²) in [7, 11) is 2.98. The number of benzene rings is 1. The van der Waals surface area contributed by atoms with Crippen molar-refractivity contribution in [3.63, 3.8) is 0 Å². The van der Waals surface area contributed by atoms with E-state index in [1.807, 2.05) is 32.9 Å². The summed E-state index contributed by atoms with van der Waals surface area (Å²) in [5.41, 5.74) is 1.68. The van der Waals surface area contributed by atoms with Gasteiger partial charge in [0, 0.05) is 12.7 Å². The Morgan fingerprint density at radius 3 is 2.56 bits per heavy atom. The first kappa shape index (κ1) is 14.3. The van der Waals surface area contributed by atoms with Crippen LogP contribution >= 0.6 is 0 Å². The highest BCUT2D eigenvalue weighted by molar-refractivity contribution is 5.88. The quantitative estimate of drug-likeness (QED) is 0.838. The standard InChI is InChI=1S/C13H20N2O3/c1-9(2)18-12-7-6-11(8-10(12)3)14-13(16)15(4)17-5/h6-9H,1-5H3,(H,14,16). The Morgan fingerprint density at radius 1 is 1.39 bits per heavy atom. The van der Waals surface area contributed by atoms with Gasteiger partial charge in [-0.2, -0.15) is 0 Å². The highest BCUT2D eigenvalue weighted by atomic mass is 16.7. The number of nitrogens with zero attached hydrogens (tertiary/aromatic N) is 1. The molecule has 0 radical (unpaired) electrons. The van der Waals surface area contributed by atoms with E-state index in [0.29, 0.717) is 5.69 Å². The van der Waals surface area contributed by atoms with Crippen LogP contribution in [0.4, 0.5) is 10.5 Å². The number of hydrogen-bond acceptors (Lipinski definition) is 3. The van der Waals surface area contributed by atoms with Crippen molar-refractivity contribution >= 4 is 11.7 Å². The average Bonchev–Trinajstić information content (AvgIpc) is 2.31. The van der Waals surface area contributed by atoms with Crippen LogP contribution in [0.3, 0.4) is 0 Å². The van der Waals surface area contributed by atoms with E-state index >= 15 is 0 Å². The third kappa shape index (κ3) is 3.92. The molecule has 0 atom stereocenters. The van der Waals surface area contributed by atoms with Gasteiger partial charge in [-0.15, -0.1) is 0 Å². The van der Waals surface area contributed by atoms with E-state index < -0.39 is 0 Å². The number of hydrogen-bond donors (Lipinski definition) is 1. The molecular weight excluding hydrogens is 232 g/mol. The Labute approximate surface area is 108 Å². The maximum atomic E-state index is 11.6. The zero-order valence-electron chi connectivity index (χ0n) is 11.5. The molecule has 1 aromatic rings. The molecule has 100 valence electrons. The Balaban J connectivity index is 2.75. The second-order valence-corrected chi connectivity index (χ2v) is 4.26. The molecule has 0 aliphatic heterocycles.